The van der Waals surface area contributed by atoms with E-state index in [1.165, 1.54) is 31.2 Å². The zero-order chi connectivity index (χ0) is 16.4. The first-order valence-corrected chi connectivity index (χ1v) is 8.88. The number of fused-ring (bicyclic) bond motifs is 3. The molecule has 2 heterocycles. The molecule has 3 aromatic rings. The van der Waals surface area contributed by atoms with Crippen molar-refractivity contribution < 1.29 is 9.31 Å². The van der Waals surface area contributed by atoms with E-state index in [2.05, 4.69) is 71.0 Å². The van der Waals surface area contributed by atoms with Crippen LogP contribution in [0.5, 0.6) is 0 Å². The molecule has 1 fully saturated rings. The van der Waals surface area contributed by atoms with Crippen LogP contribution in [0.4, 0.5) is 0 Å². The molecular formula is C19H21BO2S. The monoisotopic (exact) mass is 324 g/mol. The smallest absolute Gasteiger partial charge is 0.399 e. The minimum Gasteiger partial charge on any atom is -0.399 e. The molecule has 0 amide bonds. The van der Waals surface area contributed by atoms with Crippen molar-refractivity contribution in [1.29, 1.82) is 0 Å². The van der Waals surface area contributed by atoms with Crippen LogP contribution in [0.2, 0.25) is 0 Å². The molecule has 23 heavy (non-hydrogen) atoms. The summed E-state index contributed by atoms with van der Waals surface area (Å²) in [5.41, 5.74) is 1.76. The number of hydrogen-bond donors (Lipinski definition) is 0. The molecule has 0 unspecified atom stereocenters. The lowest BCUT2D eigenvalue weighted by Crippen LogP contribution is -2.41. The Morgan fingerprint density at radius 1 is 0.870 bits per heavy atom. The van der Waals surface area contributed by atoms with Crippen molar-refractivity contribution in [3.05, 3.63) is 42.0 Å². The summed E-state index contributed by atoms with van der Waals surface area (Å²) in [7, 11) is -0.318. The summed E-state index contributed by atoms with van der Waals surface area (Å²) >= 11 is 1.83. The van der Waals surface area contributed by atoms with E-state index in [-0.39, 0.29) is 18.3 Å². The molecule has 0 radical (unpaired) electrons. The SMILES string of the molecule is Cc1ccc2sc3ccccc3c2c1B1OC(C)(C)C(C)(C)O1. The predicted molar refractivity (Wildman–Crippen MR) is 99.8 cm³/mol. The highest BCUT2D eigenvalue weighted by Crippen LogP contribution is 2.39. The maximum Gasteiger partial charge on any atom is 0.495 e. The number of thiophene rings is 1. The summed E-state index contributed by atoms with van der Waals surface area (Å²) in [6, 6.07) is 13.0. The molecule has 4 heteroatoms. The van der Waals surface area contributed by atoms with Crippen LogP contribution < -0.4 is 5.46 Å². The third-order valence-electron chi connectivity index (χ3n) is 5.29. The fourth-order valence-corrected chi connectivity index (χ4v) is 4.33. The first-order valence-electron chi connectivity index (χ1n) is 8.06. The first kappa shape index (κ1) is 15.2. The van der Waals surface area contributed by atoms with Gasteiger partial charge in [0.25, 0.3) is 0 Å². The Kier molecular flexibility index (Phi) is 3.18. The Balaban J connectivity index is 1.99. The maximum absolute atomic E-state index is 6.34. The molecule has 1 aromatic heterocycles. The molecule has 0 spiro atoms. The standard InChI is InChI=1S/C19H21BO2S/c1-12-10-11-15-16(13-8-6-7-9-14(13)23-15)17(12)20-21-18(2,3)19(4,5)22-20/h6-11H,1-5H3. The summed E-state index contributed by atoms with van der Waals surface area (Å²) in [4.78, 5) is 0. The summed E-state index contributed by atoms with van der Waals surface area (Å²) in [5, 5.41) is 2.57. The number of benzene rings is 2. The Labute approximate surface area is 141 Å². The van der Waals surface area contributed by atoms with E-state index in [9.17, 15) is 0 Å². The first-order chi connectivity index (χ1) is 10.8. The van der Waals surface area contributed by atoms with Crippen molar-refractivity contribution in [3.63, 3.8) is 0 Å². The van der Waals surface area contributed by atoms with E-state index in [0.717, 1.165) is 0 Å². The van der Waals surface area contributed by atoms with Gasteiger partial charge in [-0.05, 0) is 57.6 Å². The quantitative estimate of drug-likeness (QED) is 0.606. The summed E-state index contributed by atoms with van der Waals surface area (Å²) in [5.74, 6) is 0. The molecule has 2 aromatic carbocycles. The van der Waals surface area contributed by atoms with Gasteiger partial charge in [0.2, 0.25) is 0 Å². The van der Waals surface area contributed by atoms with Gasteiger partial charge in [-0.3, -0.25) is 0 Å². The van der Waals surface area contributed by atoms with E-state index in [1.807, 2.05) is 11.3 Å². The van der Waals surface area contributed by atoms with Gasteiger partial charge in [-0.15, -0.1) is 11.3 Å². The van der Waals surface area contributed by atoms with Crippen LogP contribution in [-0.4, -0.2) is 18.3 Å². The summed E-state index contributed by atoms with van der Waals surface area (Å²) < 4.78 is 15.3. The minimum atomic E-state index is -0.321. The molecule has 0 aliphatic carbocycles. The lowest BCUT2D eigenvalue weighted by molar-refractivity contribution is 0.00578. The van der Waals surface area contributed by atoms with Crippen LogP contribution in [0.15, 0.2) is 36.4 Å². The molecule has 0 N–H and O–H groups in total. The average Bonchev–Trinajstić information content (AvgIpc) is 2.94. The van der Waals surface area contributed by atoms with Crippen molar-refractivity contribution in [2.75, 3.05) is 0 Å². The van der Waals surface area contributed by atoms with E-state index >= 15 is 0 Å². The molecule has 0 bridgehead atoms. The molecule has 118 valence electrons. The van der Waals surface area contributed by atoms with Crippen LogP contribution in [0.25, 0.3) is 20.2 Å². The highest BCUT2D eigenvalue weighted by atomic mass is 32.1. The van der Waals surface area contributed by atoms with Crippen LogP contribution >= 0.6 is 11.3 Å². The zero-order valence-corrected chi connectivity index (χ0v) is 15.1. The Hall–Kier alpha value is -1.36. The third-order valence-corrected chi connectivity index (χ3v) is 6.43. The fraction of sp³-hybridized carbons (Fsp3) is 0.368. The van der Waals surface area contributed by atoms with Crippen LogP contribution in [0.3, 0.4) is 0 Å². The zero-order valence-electron chi connectivity index (χ0n) is 14.3. The van der Waals surface area contributed by atoms with E-state index < -0.39 is 0 Å². The Bertz CT molecular complexity index is 894. The van der Waals surface area contributed by atoms with Gasteiger partial charge in [0.15, 0.2) is 0 Å². The molecule has 1 saturated heterocycles. The number of rotatable bonds is 1. The average molecular weight is 324 g/mol. The normalized spacial score (nSPS) is 19.8. The molecular weight excluding hydrogens is 303 g/mol. The van der Waals surface area contributed by atoms with Gasteiger partial charge in [0.05, 0.1) is 11.2 Å². The highest BCUT2D eigenvalue weighted by molar-refractivity contribution is 7.26. The molecule has 0 atom stereocenters. The second-order valence-corrected chi connectivity index (χ2v) is 8.44. The van der Waals surface area contributed by atoms with Crippen LogP contribution in [0, 0.1) is 6.92 Å². The number of hydrogen-bond acceptors (Lipinski definition) is 3. The van der Waals surface area contributed by atoms with Gasteiger partial charge in [0, 0.05) is 14.8 Å². The van der Waals surface area contributed by atoms with Gasteiger partial charge in [0.1, 0.15) is 0 Å². The van der Waals surface area contributed by atoms with Gasteiger partial charge in [-0.1, -0.05) is 29.8 Å². The molecule has 1 aliphatic rings. The van der Waals surface area contributed by atoms with E-state index in [0.29, 0.717) is 0 Å². The van der Waals surface area contributed by atoms with Crippen molar-refractivity contribution in [3.8, 4) is 0 Å². The molecule has 4 rings (SSSR count). The van der Waals surface area contributed by atoms with Crippen LogP contribution in [0.1, 0.15) is 33.3 Å². The van der Waals surface area contributed by atoms with Gasteiger partial charge < -0.3 is 9.31 Å². The van der Waals surface area contributed by atoms with Crippen molar-refractivity contribution in [2.45, 2.75) is 45.8 Å². The molecule has 0 saturated carbocycles. The lowest BCUT2D eigenvalue weighted by atomic mass is 9.73. The van der Waals surface area contributed by atoms with Gasteiger partial charge in [-0.2, -0.15) is 0 Å². The second kappa shape index (κ2) is 4.82. The largest absolute Gasteiger partial charge is 0.495 e. The Morgan fingerprint density at radius 2 is 1.52 bits per heavy atom. The van der Waals surface area contributed by atoms with E-state index in [1.54, 1.807) is 0 Å². The molecule has 2 nitrogen and oxygen atoms in total. The topological polar surface area (TPSA) is 18.5 Å². The Morgan fingerprint density at radius 3 is 2.22 bits per heavy atom. The minimum absolute atomic E-state index is 0.318. The summed E-state index contributed by atoms with van der Waals surface area (Å²) in [6.45, 7) is 10.6. The van der Waals surface area contributed by atoms with Crippen molar-refractivity contribution in [1.82, 2.24) is 0 Å². The fourth-order valence-electron chi connectivity index (χ4n) is 3.21. The maximum atomic E-state index is 6.34. The van der Waals surface area contributed by atoms with Gasteiger partial charge >= 0.3 is 7.12 Å². The predicted octanol–water partition coefficient (Wildman–Crippen LogP) is 4.66. The summed E-state index contributed by atoms with van der Waals surface area (Å²) in [6.07, 6.45) is 0. The molecule has 1 aliphatic heterocycles. The van der Waals surface area contributed by atoms with Gasteiger partial charge in [-0.25, -0.2) is 0 Å². The van der Waals surface area contributed by atoms with Crippen LogP contribution in [-0.2, 0) is 9.31 Å². The highest BCUT2D eigenvalue weighted by Gasteiger charge is 2.52. The second-order valence-electron chi connectivity index (χ2n) is 7.36. The van der Waals surface area contributed by atoms with E-state index in [4.69, 9.17) is 9.31 Å². The third kappa shape index (κ3) is 2.16. The van der Waals surface area contributed by atoms with Crippen molar-refractivity contribution in [2.24, 2.45) is 0 Å². The van der Waals surface area contributed by atoms with Crippen molar-refractivity contribution >= 4 is 44.1 Å². The lowest BCUT2D eigenvalue weighted by Gasteiger charge is -2.32. The number of aryl methyl sites for hydroxylation is 1.